The second-order valence-corrected chi connectivity index (χ2v) is 4.04. The second kappa shape index (κ2) is 3.56. The van der Waals surface area contributed by atoms with Crippen LogP contribution in [-0.2, 0) is 4.79 Å². The Hall–Kier alpha value is -1.97. The number of Topliss-reactive ketones (excluding diaryl/α,β-unsaturated/α-hetero) is 1. The highest BCUT2D eigenvalue weighted by molar-refractivity contribution is 6.49. The highest BCUT2D eigenvalue weighted by atomic mass is 16.2. The van der Waals surface area contributed by atoms with Crippen LogP contribution in [0.1, 0.15) is 46.0 Å². The molecule has 0 saturated heterocycles. The molecular weight excluding hydrogens is 206 g/mol. The third kappa shape index (κ3) is 1.43. The third-order valence-electron chi connectivity index (χ3n) is 2.62. The number of carbonyl (C=O) groups excluding carboxylic acids is 3. The molecule has 0 atom stereocenters. The molecule has 1 N–H and O–H groups in total. The molecule has 16 heavy (non-hydrogen) atoms. The largest absolute Gasteiger partial charge is 0.299 e. The monoisotopic (exact) mass is 217 g/mol. The van der Waals surface area contributed by atoms with Gasteiger partial charge in [0.25, 0.3) is 17.6 Å². The lowest BCUT2D eigenvalue weighted by atomic mass is 9.89. The van der Waals surface area contributed by atoms with E-state index in [1.165, 1.54) is 6.07 Å². The number of amides is 2. The van der Waals surface area contributed by atoms with Crippen LogP contribution in [0.3, 0.4) is 0 Å². The summed E-state index contributed by atoms with van der Waals surface area (Å²) in [5.74, 6) is -1.85. The predicted octanol–water partition coefficient (Wildman–Crippen LogP) is 1.26. The summed E-state index contributed by atoms with van der Waals surface area (Å²) in [6.45, 7) is 3.87. The fraction of sp³-hybridized carbons (Fsp3) is 0.250. The molecule has 0 fully saturated rings. The average Bonchev–Trinajstić information content (AvgIpc) is 2.25. The summed E-state index contributed by atoms with van der Waals surface area (Å²) in [4.78, 5) is 34.4. The van der Waals surface area contributed by atoms with Crippen LogP contribution in [0.4, 0.5) is 0 Å². The molecule has 0 spiro atoms. The number of hydrogen-bond donors (Lipinski definition) is 1. The van der Waals surface area contributed by atoms with Crippen LogP contribution < -0.4 is 5.32 Å². The molecule has 1 heterocycles. The minimum absolute atomic E-state index is 0.127. The quantitative estimate of drug-likeness (QED) is 0.569. The first-order valence-corrected chi connectivity index (χ1v) is 5.05. The molecule has 2 rings (SSSR count). The molecule has 1 aliphatic heterocycles. The maximum atomic E-state index is 11.7. The van der Waals surface area contributed by atoms with E-state index in [1.54, 1.807) is 12.1 Å². The number of ketones is 1. The van der Waals surface area contributed by atoms with Crippen molar-refractivity contribution in [3.8, 4) is 0 Å². The topological polar surface area (TPSA) is 63.2 Å². The molecule has 1 aromatic carbocycles. The highest BCUT2D eigenvalue weighted by Crippen LogP contribution is 2.25. The van der Waals surface area contributed by atoms with Crippen molar-refractivity contribution >= 4 is 17.6 Å². The Labute approximate surface area is 92.6 Å². The van der Waals surface area contributed by atoms with Gasteiger partial charge in [-0.25, -0.2) is 0 Å². The van der Waals surface area contributed by atoms with Gasteiger partial charge in [0.1, 0.15) is 0 Å². The molecule has 2 amide bonds. The minimum atomic E-state index is -0.849. The van der Waals surface area contributed by atoms with Crippen molar-refractivity contribution in [2.75, 3.05) is 0 Å². The summed E-state index contributed by atoms with van der Waals surface area (Å²) in [5, 5.41) is 2.05. The molecule has 0 radical (unpaired) electrons. The Kier molecular flexibility index (Phi) is 2.34. The van der Waals surface area contributed by atoms with E-state index in [-0.39, 0.29) is 11.5 Å². The van der Waals surface area contributed by atoms with Crippen LogP contribution >= 0.6 is 0 Å². The SMILES string of the molecule is CC(C)c1cccc2c1C(=O)NC(=O)C2=O. The first kappa shape index (κ1) is 10.5. The van der Waals surface area contributed by atoms with Crippen LogP contribution in [0.5, 0.6) is 0 Å². The number of imide groups is 1. The Balaban J connectivity index is 2.70. The maximum absolute atomic E-state index is 11.7. The smallest absolute Gasteiger partial charge is 0.285 e. The van der Waals surface area contributed by atoms with Crippen LogP contribution in [0, 0.1) is 0 Å². The molecule has 0 aromatic heterocycles. The molecule has 4 heteroatoms. The van der Waals surface area contributed by atoms with Gasteiger partial charge in [-0.05, 0) is 11.5 Å². The van der Waals surface area contributed by atoms with Gasteiger partial charge in [0.05, 0.1) is 5.56 Å². The van der Waals surface area contributed by atoms with Crippen molar-refractivity contribution < 1.29 is 14.4 Å². The molecule has 0 bridgehead atoms. The van der Waals surface area contributed by atoms with Gasteiger partial charge in [0.2, 0.25) is 0 Å². The van der Waals surface area contributed by atoms with E-state index in [0.717, 1.165) is 5.56 Å². The Bertz CT molecular complexity index is 503. The number of fused-ring (bicyclic) bond motifs is 1. The Morgan fingerprint density at radius 1 is 1.06 bits per heavy atom. The lowest BCUT2D eigenvalue weighted by Gasteiger charge is -2.19. The number of rotatable bonds is 1. The Morgan fingerprint density at radius 2 is 1.75 bits per heavy atom. The lowest BCUT2D eigenvalue weighted by molar-refractivity contribution is -0.116. The first-order valence-electron chi connectivity index (χ1n) is 5.05. The summed E-state index contributed by atoms with van der Waals surface area (Å²) in [5.41, 5.74) is 1.33. The molecule has 4 nitrogen and oxygen atoms in total. The minimum Gasteiger partial charge on any atom is -0.285 e. The summed E-state index contributed by atoms with van der Waals surface area (Å²) in [7, 11) is 0. The molecule has 0 saturated carbocycles. The fourth-order valence-electron chi connectivity index (χ4n) is 1.84. The predicted molar refractivity (Wildman–Crippen MR) is 57.3 cm³/mol. The van der Waals surface area contributed by atoms with E-state index in [2.05, 4.69) is 5.32 Å². The van der Waals surface area contributed by atoms with Gasteiger partial charge < -0.3 is 0 Å². The fourth-order valence-corrected chi connectivity index (χ4v) is 1.84. The molecule has 1 aliphatic rings. The van der Waals surface area contributed by atoms with Crippen LogP contribution in [0.2, 0.25) is 0 Å². The summed E-state index contributed by atoms with van der Waals surface area (Å²) >= 11 is 0. The normalized spacial score (nSPS) is 15.1. The van der Waals surface area contributed by atoms with Crippen molar-refractivity contribution in [1.29, 1.82) is 0 Å². The van der Waals surface area contributed by atoms with E-state index >= 15 is 0 Å². The van der Waals surface area contributed by atoms with Gasteiger partial charge in [0, 0.05) is 5.56 Å². The van der Waals surface area contributed by atoms with Crippen molar-refractivity contribution in [3.05, 3.63) is 34.9 Å². The van der Waals surface area contributed by atoms with E-state index in [4.69, 9.17) is 0 Å². The average molecular weight is 217 g/mol. The maximum Gasteiger partial charge on any atom is 0.299 e. The standard InChI is InChI=1S/C12H11NO3/c1-6(2)7-4-3-5-8-9(7)11(15)13-12(16)10(8)14/h3-6H,1-2H3,(H,13,15,16). The van der Waals surface area contributed by atoms with Crippen molar-refractivity contribution in [3.63, 3.8) is 0 Å². The molecule has 0 unspecified atom stereocenters. The van der Waals surface area contributed by atoms with Gasteiger partial charge in [0.15, 0.2) is 0 Å². The zero-order chi connectivity index (χ0) is 11.9. The van der Waals surface area contributed by atoms with Gasteiger partial charge in [-0.1, -0.05) is 32.0 Å². The van der Waals surface area contributed by atoms with Gasteiger partial charge >= 0.3 is 0 Å². The van der Waals surface area contributed by atoms with E-state index < -0.39 is 17.6 Å². The summed E-state index contributed by atoms with van der Waals surface area (Å²) in [6.07, 6.45) is 0. The zero-order valence-corrected chi connectivity index (χ0v) is 9.03. The molecule has 82 valence electrons. The van der Waals surface area contributed by atoms with E-state index in [9.17, 15) is 14.4 Å². The van der Waals surface area contributed by atoms with Crippen molar-refractivity contribution in [2.45, 2.75) is 19.8 Å². The van der Waals surface area contributed by atoms with Gasteiger partial charge in [-0.3, -0.25) is 19.7 Å². The van der Waals surface area contributed by atoms with Crippen molar-refractivity contribution in [1.82, 2.24) is 5.32 Å². The molecular formula is C12H11NO3. The van der Waals surface area contributed by atoms with Gasteiger partial charge in [-0.15, -0.1) is 0 Å². The third-order valence-corrected chi connectivity index (χ3v) is 2.62. The summed E-state index contributed by atoms with van der Waals surface area (Å²) in [6, 6.07) is 5.00. The van der Waals surface area contributed by atoms with Crippen molar-refractivity contribution in [2.24, 2.45) is 0 Å². The highest BCUT2D eigenvalue weighted by Gasteiger charge is 2.32. The van der Waals surface area contributed by atoms with Crippen LogP contribution in [0.15, 0.2) is 18.2 Å². The molecule has 0 aliphatic carbocycles. The number of nitrogens with one attached hydrogen (secondary N) is 1. The molecule has 1 aromatic rings. The Morgan fingerprint density at radius 3 is 2.38 bits per heavy atom. The van der Waals surface area contributed by atoms with Gasteiger partial charge in [-0.2, -0.15) is 0 Å². The number of carbonyl (C=O) groups is 3. The number of benzene rings is 1. The van der Waals surface area contributed by atoms with Crippen LogP contribution in [-0.4, -0.2) is 17.6 Å². The van der Waals surface area contributed by atoms with E-state index in [0.29, 0.717) is 5.56 Å². The van der Waals surface area contributed by atoms with Crippen LogP contribution in [0.25, 0.3) is 0 Å². The summed E-state index contributed by atoms with van der Waals surface area (Å²) < 4.78 is 0. The first-order chi connectivity index (χ1) is 7.52. The second-order valence-electron chi connectivity index (χ2n) is 4.04. The number of hydrogen-bond acceptors (Lipinski definition) is 3. The van der Waals surface area contributed by atoms with E-state index in [1.807, 2.05) is 13.8 Å². The lowest BCUT2D eigenvalue weighted by Crippen LogP contribution is -2.42. The zero-order valence-electron chi connectivity index (χ0n) is 9.03.